The summed E-state index contributed by atoms with van der Waals surface area (Å²) in [6.45, 7) is 4.04. The number of nitrogens with zero attached hydrogens (tertiary/aromatic N) is 1. The molecule has 0 radical (unpaired) electrons. The lowest BCUT2D eigenvalue weighted by Gasteiger charge is -2.09. The van der Waals surface area contributed by atoms with Crippen LogP contribution >= 0.6 is 23.2 Å². The second-order valence-corrected chi connectivity index (χ2v) is 7.84. The van der Waals surface area contributed by atoms with E-state index in [0.717, 1.165) is 11.1 Å². The fourth-order valence-electron chi connectivity index (χ4n) is 2.82. The highest BCUT2D eigenvalue weighted by atomic mass is 35.5. The number of amides is 2. The number of rotatable bonds is 6. The number of benzene rings is 3. The molecule has 3 rings (SSSR count). The zero-order valence-electron chi connectivity index (χ0n) is 17.5. The molecule has 0 saturated carbocycles. The lowest BCUT2D eigenvalue weighted by molar-refractivity contribution is -0.136. The number of carbonyl (C=O) groups is 2. The Balaban J connectivity index is 1.51. The summed E-state index contributed by atoms with van der Waals surface area (Å²) >= 11 is 12.3. The van der Waals surface area contributed by atoms with Crippen molar-refractivity contribution in [1.29, 1.82) is 0 Å². The second-order valence-electron chi connectivity index (χ2n) is 7.03. The fraction of sp³-hybridized carbons (Fsp3) is 0.125. The van der Waals surface area contributed by atoms with E-state index < -0.39 is 11.8 Å². The molecule has 3 aromatic carbocycles. The average molecular weight is 470 g/mol. The average Bonchev–Trinajstić information content (AvgIpc) is 2.76. The van der Waals surface area contributed by atoms with Gasteiger partial charge in [-0.1, -0.05) is 47.0 Å². The lowest BCUT2D eigenvalue weighted by Crippen LogP contribution is -2.32. The summed E-state index contributed by atoms with van der Waals surface area (Å²) in [7, 11) is 0. The van der Waals surface area contributed by atoms with Crippen molar-refractivity contribution in [1.82, 2.24) is 5.43 Å². The van der Waals surface area contributed by atoms with E-state index in [9.17, 15) is 9.59 Å². The van der Waals surface area contributed by atoms with E-state index in [1.165, 1.54) is 6.21 Å². The molecule has 0 aliphatic heterocycles. The van der Waals surface area contributed by atoms with Crippen LogP contribution in [0.3, 0.4) is 0 Å². The third-order valence-corrected chi connectivity index (χ3v) is 5.25. The van der Waals surface area contributed by atoms with Crippen molar-refractivity contribution in [3.8, 4) is 5.75 Å². The first-order valence-corrected chi connectivity index (χ1v) is 10.5. The smallest absolute Gasteiger partial charge is 0.329 e. The molecule has 2 N–H and O–H groups in total. The largest absolute Gasteiger partial charge is 0.489 e. The van der Waals surface area contributed by atoms with Crippen LogP contribution in [0.5, 0.6) is 5.75 Å². The SMILES string of the molecule is Cc1ccc(NC(=O)C(=O)NN=Cc2ccc(OCc3c(Cl)cccc3Cl)cc2)c(C)c1. The number of hydrogen-bond acceptors (Lipinski definition) is 4. The van der Waals surface area contributed by atoms with Gasteiger partial charge in [0.15, 0.2) is 0 Å². The number of anilines is 1. The highest BCUT2D eigenvalue weighted by Gasteiger charge is 2.14. The van der Waals surface area contributed by atoms with Gasteiger partial charge in [-0.05, 0) is 67.4 Å². The van der Waals surface area contributed by atoms with Gasteiger partial charge in [0.1, 0.15) is 12.4 Å². The molecule has 3 aromatic rings. The van der Waals surface area contributed by atoms with Gasteiger partial charge >= 0.3 is 11.8 Å². The van der Waals surface area contributed by atoms with E-state index in [2.05, 4.69) is 15.8 Å². The third kappa shape index (κ3) is 6.33. The molecular formula is C24H21Cl2N3O3. The molecular weight excluding hydrogens is 449 g/mol. The maximum Gasteiger partial charge on any atom is 0.329 e. The Bertz CT molecular complexity index is 1140. The van der Waals surface area contributed by atoms with E-state index in [1.807, 2.05) is 26.0 Å². The lowest BCUT2D eigenvalue weighted by atomic mass is 10.1. The Labute approximate surface area is 196 Å². The molecule has 8 heteroatoms. The van der Waals surface area contributed by atoms with Gasteiger partial charge in [0, 0.05) is 21.3 Å². The number of hydrazone groups is 1. The van der Waals surface area contributed by atoms with Crippen molar-refractivity contribution in [2.75, 3.05) is 5.32 Å². The minimum atomic E-state index is -0.863. The van der Waals surface area contributed by atoms with Crippen LogP contribution in [-0.2, 0) is 16.2 Å². The molecule has 0 aliphatic carbocycles. The van der Waals surface area contributed by atoms with Crippen molar-refractivity contribution in [3.05, 3.63) is 93.0 Å². The van der Waals surface area contributed by atoms with Gasteiger partial charge in [0.2, 0.25) is 0 Å². The summed E-state index contributed by atoms with van der Waals surface area (Å²) in [6, 6.07) is 17.8. The Morgan fingerprint density at radius 2 is 1.66 bits per heavy atom. The van der Waals surface area contributed by atoms with Crippen molar-refractivity contribution < 1.29 is 14.3 Å². The zero-order valence-corrected chi connectivity index (χ0v) is 19.0. The van der Waals surface area contributed by atoms with E-state index in [4.69, 9.17) is 27.9 Å². The Hall–Kier alpha value is -3.35. The van der Waals surface area contributed by atoms with Crippen LogP contribution in [0.1, 0.15) is 22.3 Å². The van der Waals surface area contributed by atoms with Crippen LogP contribution in [0.15, 0.2) is 65.8 Å². The minimum Gasteiger partial charge on any atom is -0.489 e. The maximum absolute atomic E-state index is 12.0. The molecule has 0 fully saturated rings. The standard InChI is InChI=1S/C24H21Cl2N3O3/c1-15-6-11-22(16(2)12-15)28-23(30)24(31)29-27-13-17-7-9-18(10-8-17)32-14-19-20(25)4-3-5-21(19)26/h3-13H,14H2,1-2H3,(H,28,30)(H,29,31). The van der Waals surface area contributed by atoms with Gasteiger partial charge in [-0.15, -0.1) is 0 Å². The van der Waals surface area contributed by atoms with Gasteiger partial charge in [0.05, 0.1) is 6.21 Å². The maximum atomic E-state index is 12.0. The molecule has 0 aliphatic rings. The predicted molar refractivity (Wildman–Crippen MR) is 128 cm³/mol. The van der Waals surface area contributed by atoms with Crippen LogP contribution in [0.4, 0.5) is 5.69 Å². The monoisotopic (exact) mass is 469 g/mol. The molecule has 0 aromatic heterocycles. The van der Waals surface area contributed by atoms with Gasteiger partial charge in [-0.3, -0.25) is 9.59 Å². The first kappa shape index (κ1) is 23.3. The van der Waals surface area contributed by atoms with Crippen LogP contribution in [0.2, 0.25) is 10.0 Å². The minimum absolute atomic E-state index is 0.234. The summed E-state index contributed by atoms with van der Waals surface area (Å²) in [5.74, 6) is -1.04. The van der Waals surface area contributed by atoms with Crippen LogP contribution in [-0.4, -0.2) is 18.0 Å². The summed E-state index contributed by atoms with van der Waals surface area (Å²) in [4.78, 5) is 24.0. The molecule has 0 heterocycles. The Morgan fingerprint density at radius 3 is 2.31 bits per heavy atom. The predicted octanol–water partition coefficient (Wildman–Crippen LogP) is 5.28. The van der Waals surface area contributed by atoms with E-state index in [1.54, 1.807) is 48.5 Å². The van der Waals surface area contributed by atoms with E-state index in [-0.39, 0.29) is 6.61 Å². The topological polar surface area (TPSA) is 79.8 Å². The molecule has 0 bridgehead atoms. The van der Waals surface area contributed by atoms with Crippen molar-refractivity contribution in [2.45, 2.75) is 20.5 Å². The summed E-state index contributed by atoms with van der Waals surface area (Å²) in [6.07, 6.45) is 1.43. The second kappa shape index (κ2) is 10.8. The summed E-state index contributed by atoms with van der Waals surface area (Å²) in [5.41, 5.74) is 6.15. The Morgan fingerprint density at radius 1 is 0.969 bits per heavy atom. The number of halogens is 2. The molecule has 32 heavy (non-hydrogen) atoms. The molecule has 2 amide bonds. The molecule has 0 spiro atoms. The quantitative estimate of drug-likeness (QED) is 0.292. The van der Waals surface area contributed by atoms with E-state index >= 15 is 0 Å². The van der Waals surface area contributed by atoms with Crippen molar-refractivity contribution in [2.24, 2.45) is 5.10 Å². The highest BCUT2D eigenvalue weighted by molar-refractivity contribution is 6.39. The van der Waals surface area contributed by atoms with E-state index in [0.29, 0.717) is 32.6 Å². The molecule has 164 valence electrons. The number of hydrogen-bond donors (Lipinski definition) is 2. The Kier molecular flexibility index (Phi) is 7.87. The molecule has 0 atom stereocenters. The number of nitrogens with one attached hydrogen (secondary N) is 2. The van der Waals surface area contributed by atoms with Gasteiger partial charge in [-0.2, -0.15) is 5.10 Å². The zero-order chi connectivity index (χ0) is 23.1. The first-order valence-electron chi connectivity index (χ1n) is 9.71. The summed E-state index contributed by atoms with van der Waals surface area (Å²) < 4.78 is 5.72. The van der Waals surface area contributed by atoms with Crippen LogP contribution in [0, 0.1) is 13.8 Å². The van der Waals surface area contributed by atoms with Crippen molar-refractivity contribution in [3.63, 3.8) is 0 Å². The normalized spacial score (nSPS) is 10.8. The van der Waals surface area contributed by atoms with Crippen LogP contribution < -0.4 is 15.5 Å². The van der Waals surface area contributed by atoms with Gasteiger partial charge in [0.25, 0.3) is 0 Å². The van der Waals surface area contributed by atoms with Gasteiger partial charge < -0.3 is 10.1 Å². The fourth-order valence-corrected chi connectivity index (χ4v) is 3.33. The molecule has 0 saturated heterocycles. The van der Waals surface area contributed by atoms with Crippen molar-refractivity contribution >= 4 is 46.9 Å². The van der Waals surface area contributed by atoms with Gasteiger partial charge in [-0.25, -0.2) is 5.43 Å². The summed E-state index contributed by atoms with van der Waals surface area (Å²) in [5, 5.41) is 7.48. The first-order chi connectivity index (χ1) is 15.3. The number of carbonyl (C=O) groups excluding carboxylic acids is 2. The van der Waals surface area contributed by atoms with Crippen LogP contribution in [0.25, 0.3) is 0 Å². The highest BCUT2D eigenvalue weighted by Crippen LogP contribution is 2.26. The number of ether oxygens (including phenoxy) is 1. The molecule has 6 nitrogen and oxygen atoms in total. The number of aryl methyl sites for hydroxylation is 2. The third-order valence-electron chi connectivity index (χ3n) is 4.54. The molecule has 0 unspecified atom stereocenters.